The van der Waals surface area contributed by atoms with Crippen LogP contribution in [0.25, 0.3) is 0 Å². The van der Waals surface area contributed by atoms with Crippen LogP contribution in [0.1, 0.15) is 15.9 Å². The van der Waals surface area contributed by atoms with Crippen LogP contribution in [0.2, 0.25) is 0 Å². The van der Waals surface area contributed by atoms with E-state index < -0.39 is 11.3 Å². The lowest BCUT2D eigenvalue weighted by Gasteiger charge is -2.15. The zero-order chi connectivity index (χ0) is 18.0. The number of imide groups is 1. The minimum absolute atomic E-state index is 0.00813. The summed E-state index contributed by atoms with van der Waals surface area (Å²) in [4.78, 5) is 36.7. The second-order valence-electron chi connectivity index (χ2n) is 5.33. The highest BCUT2D eigenvalue weighted by atomic mass is 79.9. The van der Waals surface area contributed by atoms with Gasteiger partial charge in [0.25, 0.3) is 11.1 Å². The number of nitrogens with one attached hydrogen (secondary N) is 1. The number of aromatic carboxylic acids is 1. The van der Waals surface area contributed by atoms with Gasteiger partial charge in [0, 0.05) is 10.2 Å². The van der Waals surface area contributed by atoms with Gasteiger partial charge in [-0.05, 0) is 53.2 Å². The van der Waals surface area contributed by atoms with Crippen molar-refractivity contribution in [2.45, 2.75) is 11.9 Å². The monoisotopic (exact) mass is 419 g/mol. The summed E-state index contributed by atoms with van der Waals surface area (Å²) in [5.74, 6) is -1.66. The van der Waals surface area contributed by atoms with Gasteiger partial charge in [-0.25, -0.2) is 0 Å². The van der Waals surface area contributed by atoms with Gasteiger partial charge >= 0.3 is 0 Å². The molecule has 2 amide bonds. The SMILES string of the molecule is O=C([O-])c1cccc(CN2C(=O)S[C@H](Nc3ccc(Br)cc3)C2=O)c1. The fourth-order valence-corrected chi connectivity index (χ4v) is 3.53. The molecule has 25 heavy (non-hydrogen) atoms. The number of rotatable bonds is 5. The number of benzene rings is 2. The third-order valence-electron chi connectivity index (χ3n) is 3.57. The van der Waals surface area contributed by atoms with Crippen LogP contribution in [0.5, 0.6) is 0 Å². The van der Waals surface area contributed by atoms with Gasteiger partial charge in [0.05, 0.1) is 12.5 Å². The van der Waals surface area contributed by atoms with Crippen molar-refractivity contribution < 1.29 is 19.5 Å². The van der Waals surface area contributed by atoms with Crippen molar-refractivity contribution in [2.24, 2.45) is 0 Å². The van der Waals surface area contributed by atoms with Gasteiger partial charge in [0.1, 0.15) is 0 Å². The predicted octanol–water partition coefficient (Wildman–Crippen LogP) is 2.45. The maximum atomic E-state index is 12.5. The summed E-state index contributed by atoms with van der Waals surface area (Å²) in [5, 5.41) is 12.9. The number of carbonyl (C=O) groups is 3. The van der Waals surface area contributed by atoms with Crippen molar-refractivity contribution in [3.8, 4) is 0 Å². The third-order valence-corrected chi connectivity index (χ3v) is 5.08. The Bertz CT molecular complexity index is 841. The zero-order valence-electron chi connectivity index (χ0n) is 12.8. The second-order valence-corrected chi connectivity index (χ2v) is 7.30. The molecule has 8 heteroatoms. The molecule has 0 radical (unpaired) electrons. The molecule has 1 N–H and O–H groups in total. The number of carboxylic acids is 1. The number of halogens is 1. The fraction of sp³-hybridized carbons (Fsp3) is 0.118. The van der Waals surface area contributed by atoms with E-state index in [9.17, 15) is 19.5 Å². The molecule has 2 aromatic rings. The van der Waals surface area contributed by atoms with Gasteiger partial charge in [-0.15, -0.1) is 0 Å². The normalized spacial score (nSPS) is 17.0. The summed E-state index contributed by atoms with van der Waals surface area (Å²) < 4.78 is 0.911. The first-order valence-corrected chi connectivity index (χ1v) is 8.96. The molecule has 0 unspecified atom stereocenters. The Kier molecular flexibility index (Phi) is 5.10. The van der Waals surface area contributed by atoms with E-state index >= 15 is 0 Å². The highest BCUT2D eigenvalue weighted by molar-refractivity contribution is 9.10. The topological polar surface area (TPSA) is 89.5 Å². The van der Waals surface area contributed by atoms with Crippen LogP contribution in [0, 0.1) is 0 Å². The van der Waals surface area contributed by atoms with Crippen LogP contribution < -0.4 is 10.4 Å². The van der Waals surface area contributed by atoms with Crippen LogP contribution in [-0.2, 0) is 11.3 Å². The summed E-state index contributed by atoms with van der Waals surface area (Å²) in [6, 6.07) is 13.3. The number of hydrogen-bond donors (Lipinski definition) is 1. The molecule has 3 rings (SSSR count). The molecule has 1 saturated heterocycles. The Morgan fingerprint density at radius 3 is 2.60 bits per heavy atom. The van der Waals surface area contributed by atoms with Gasteiger partial charge < -0.3 is 15.2 Å². The molecule has 0 aromatic heterocycles. The number of thioether (sulfide) groups is 1. The van der Waals surface area contributed by atoms with Gasteiger partial charge in [0.2, 0.25) is 0 Å². The highest BCUT2D eigenvalue weighted by Gasteiger charge is 2.39. The molecular formula is C17H12BrN2O4S-. The Hall–Kier alpha value is -2.32. The summed E-state index contributed by atoms with van der Waals surface area (Å²) in [5.41, 5.74) is 1.28. The first kappa shape index (κ1) is 17.5. The second kappa shape index (κ2) is 7.28. The van der Waals surface area contributed by atoms with E-state index in [0.717, 1.165) is 26.8 Å². The molecule has 1 atom stereocenters. The largest absolute Gasteiger partial charge is 0.545 e. The van der Waals surface area contributed by atoms with Crippen molar-refractivity contribution in [3.05, 3.63) is 64.1 Å². The van der Waals surface area contributed by atoms with Crippen molar-refractivity contribution in [3.63, 3.8) is 0 Å². The van der Waals surface area contributed by atoms with E-state index in [1.54, 1.807) is 24.3 Å². The Labute approximate surface area is 156 Å². The summed E-state index contributed by atoms with van der Waals surface area (Å²) in [6.45, 7) is 0.0182. The smallest absolute Gasteiger partial charge is 0.291 e. The van der Waals surface area contributed by atoms with Crippen LogP contribution >= 0.6 is 27.7 Å². The minimum atomic E-state index is -1.30. The number of carboxylic acid groups (broad SMARTS) is 1. The van der Waals surface area contributed by atoms with E-state index in [2.05, 4.69) is 21.2 Å². The Morgan fingerprint density at radius 2 is 1.92 bits per heavy atom. The molecule has 0 spiro atoms. The van der Waals surface area contributed by atoms with Crippen molar-refractivity contribution in [1.82, 2.24) is 4.90 Å². The summed E-state index contributed by atoms with van der Waals surface area (Å²) >= 11 is 4.23. The van der Waals surface area contributed by atoms with Crippen LogP contribution in [0.15, 0.2) is 53.0 Å². The van der Waals surface area contributed by atoms with E-state index in [4.69, 9.17) is 0 Å². The van der Waals surface area contributed by atoms with Gasteiger partial charge in [-0.1, -0.05) is 34.1 Å². The van der Waals surface area contributed by atoms with Gasteiger partial charge in [-0.3, -0.25) is 14.5 Å². The fourth-order valence-electron chi connectivity index (χ4n) is 2.36. The van der Waals surface area contributed by atoms with E-state index in [-0.39, 0.29) is 23.3 Å². The van der Waals surface area contributed by atoms with Crippen LogP contribution in [0.3, 0.4) is 0 Å². The van der Waals surface area contributed by atoms with E-state index in [1.165, 1.54) is 12.1 Å². The number of hydrogen-bond acceptors (Lipinski definition) is 6. The summed E-state index contributed by atoms with van der Waals surface area (Å²) in [7, 11) is 0. The average molecular weight is 420 g/mol. The molecule has 2 aromatic carbocycles. The molecule has 0 saturated carbocycles. The van der Waals surface area contributed by atoms with Crippen molar-refractivity contribution in [1.29, 1.82) is 0 Å². The number of nitrogens with zero attached hydrogens (tertiary/aromatic N) is 1. The predicted molar refractivity (Wildman–Crippen MR) is 95.9 cm³/mol. The summed E-state index contributed by atoms with van der Waals surface area (Å²) in [6.07, 6.45) is 0. The molecule has 1 aliphatic rings. The first-order valence-electron chi connectivity index (χ1n) is 7.28. The van der Waals surface area contributed by atoms with Crippen molar-refractivity contribution in [2.75, 3.05) is 5.32 Å². The molecule has 0 aliphatic carbocycles. The van der Waals surface area contributed by atoms with Gasteiger partial charge in [-0.2, -0.15) is 0 Å². The molecular weight excluding hydrogens is 408 g/mol. The van der Waals surface area contributed by atoms with Crippen LogP contribution in [0.4, 0.5) is 10.5 Å². The minimum Gasteiger partial charge on any atom is -0.545 e. The average Bonchev–Trinajstić information content (AvgIpc) is 2.85. The standard InChI is InChI=1S/C17H13BrN2O4S/c18-12-4-6-13(7-5-12)19-14-15(21)20(17(24)25-14)9-10-2-1-3-11(8-10)16(22)23/h1-8,14,19H,9H2,(H,22,23)/p-1/t14-/m0/s1. The zero-order valence-corrected chi connectivity index (χ0v) is 15.2. The molecule has 128 valence electrons. The quantitative estimate of drug-likeness (QED) is 0.800. The number of amides is 2. The number of anilines is 1. The maximum absolute atomic E-state index is 12.5. The Balaban J connectivity index is 1.72. The first-order chi connectivity index (χ1) is 11.9. The molecule has 0 bridgehead atoms. The lowest BCUT2D eigenvalue weighted by molar-refractivity contribution is -0.255. The van der Waals surface area contributed by atoms with Gasteiger partial charge in [0.15, 0.2) is 5.37 Å². The van der Waals surface area contributed by atoms with E-state index in [1.807, 2.05) is 12.1 Å². The molecule has 6 nitrogen and oxygen atoms in total. The highest BCUT2D eigenvalue weighted by Crippen LogP contribution is 2.30. The maximum Gasteiger partial charge on any atom is 0.291 e. The molecule has 1 fully saturated rings. The van der Waals surface area contributed by atoms with Crippen LogP contribution in [-0.4, -0.2) is 27.4 Å². The molecule has 1 aliphatic heterocycles. The third kappa shape index (κ3) is 4.02. The molecule has 1 heterocycles. The van der Waals surface area contributed by atoms with E-state index in [0.29, 0.717) is 5.56 Å². The van der Waals surface area contributed by atoms with Crippen molar-refractivity contribution >= 4 is 50.5 Å². The Morgan fingerprint density at radius 1 is 1.20 bits per heavy atom. The lowest BCUT2D eigenvalue weighted by atomic mass is 10.1. The number of carbonyl (C=O) groups excluding carboxylic acids is 3. The lowest BCUT2D eigenvalue weighted by Crippen LogP contribution is -2.34.